The van der Waals surface area contributed by atoms with Crippen LogP contribution in [0.4, 0.5) is 34.1 Å². The Morgan fingerprint density at radius 3 is 1.75 bits per heavy atom. The second kappa shape index (κ2) is 12.1. The standard InChI is InChI=1S/C52H59BN2S/c1-48(2,3)32-18-21-35(22-19-32)54-41-17-15-14-16-40(41)53-45-42(54)29-34(50(7,8)9)30-43(45)55(36-23-24-38-39(31-36)52(12,13)27-26-51(38,10)11)46-37-28-33(49(4,5)6)20-25-44(37)56-47(46)53/h14-25,28-31H,26-27H2,1-13H3. The van der Waals surface area contributed by atoms with Gasteiger partial charge in [0, 0.05) is 43.3 Å². The predicted molar refractivity (Wildman–Crippen MR) is 247 cm³/mol. The molecular weight excluding hydrogens is 695 g/mol. The number of nitrogens with zero attached hydrogens (tertiary/aromatic N) is 2. The van der Waals surface area contributed by atoms with Gasteiger partial charge in [-0.3, -0.25) is 0 Å². The highest BCUT2D eigenvalue weighted by Gasteiger charge is 2.46. The van der Waals surface area contributed by atoms with Gasteiger partial charge >= 0.3 is 0 Å². The van der Waals surface area contributed by atoms with Crippen LogP contribution >= 0.6 is 11.3 Å². The molecule has 0 bridgehead atoms. The number of para-hydroxylation sites is 1. The molecule has 0 saturated heterocycles. The van der Waals surface area contributed by atoms with Crippen molar-refractivity contribution in [2.45, 2.75) is 130 Å². The first-order valence-corrected chi connectivity index (χ1v) is 21.7. The van der Waals surface area contributed by atoms with Gasteiger partial charge in [-0.25, -0.2) is 0 Å². The largest absolute Gasteiger partial charge is 0.311 e. The maximum Gasteiger partial charge on any atom is 0.264 e. The van der Waals surface area contributed by atoms with Gasteiger partial charge in [0.2, 0.25) is 0 Å². The van der Waals surface area contributed by atoms with Crippen molar-refractivity contribution in [3.8, 4) is 0 Å². The van der Waals surface area contributed by atoms with E-state index in [2.05, 4.69) is 197 Å². The summed E-state index contributed by atoms with van der Waals surface area (Å²) in [7, 11) is 0. The van der Waals surface area contributed by atoms with Crippen LogP contribution in [0.1, 0.15) is 131 Å². The molecule has 0 amide bonds. The lowest BCUT2D eigenvalue weighted by Gasteiger charge is -2.45. The van der Waals surface area contributed by atoms with Crippen LogP contribution in [0.5, 0.6) is 0 Å². The van der Waals surface area contributed by atoms with Crippen LogP contribution in [0.2, 0.25) is 0 Å². The zero-order valence-electron chi connectivity index (χ0n) is 36.0. The van der Waals surface area contributed by atoms with E-state index >= 15 is 0 Å². The fraction of sp³-hybridized carbons (Fsp3) is 0.385. The van der Waals surface area contributed by atoms with Gasteiger partial charge in [0.25, 0.3) is 6.71 Å². The molecule has 0 fully saturated rings. The third-order valence-electron chi connectivity index (χ3n) is 13.4. The van der Waals surface area contributed by atoms with Gasteiger partial charge in [-0.05, 0) is 133 Å². The fourth-order valence-electron chi connectivity index (χ4n) is 9.70. The summed E-state index contributed by atoms with van der Waals surface area (Å²) >= 11 is 2.00. The van der Waals surface area contributed by atoms with Crippen LogP contribution in [0.15, 0.2) is 97.1 Å². The fourth-order valence-corrected chi connectivity index (χ4v) is 11.0. The molecule has 56 heavy (non-hydrogen) atoms. The number of rotatable bonds is 2. The highest BCUT2D eigenvalue weighted by molar-refractivity contribution is 7.33. The first-order chi connectivity index (χ1) is 26.1. The van der Waals surface area contributed by atoms with Crippen molar-refractivity contribution in [1.29, 1.82) is 0 Å². The van der Waals surface area contributed by atoms with Gasteiger partial charge in [0.1, 0.15) is 0 Å². The second-order valence-electron chi connectivity index (χ2n) is 21.4. The van der Waals surface area contributed by atoms with E-state index in [4.69, 9.17) is 0 Å². The lowest BCUT2D eigenvalue weighted by molar-refractivity contribution is 0.332. The SMILES string of the molecule is CC(C)(C)c1ccc(N2c3ccccc3B3c4sc5ccc(C(C)(C)C)cc5c4N(c4ccc5c(c4)C(C)(C)CCC5(C)C)c4cc(C(C)(C)C)cc2c43)cc1. The van der Waals surface area contributed by atoms with E-state index < -0.39 is 0 Å². The zero-order valence-corrected chi connectivity index (χ0v) is 36.8. The van der Waals surface area contributed by atoms with E-state index in [1.165, 1.54) is 101 Å². The van der Waals surface area contributed by atoms with E-state index in [1.807, 2.05) is 11.3 Å². The van der Waals surface area contributed by atoms with Crippen LogP contribution in [0.25, 0.3) is 10.1 Å². The van der Waals surface area contributed by atoms with Crippen molar-refractivity contribution >= 4 is 78.0 Å². The van der Waals surface area contributed by atoms with E-state index in [-0.39, 0.29) is 33.8 Å². The lowest BCUT2D eigenvalue weighted by atomic mass is 9.36. The minimum atomic E-state index is -0.0658. The van der Waals surface area contributed by atoms with Gasteiger partial charge in [-0.1, -0.05) is 132 Å². The molecule has 6 aromatic rings. The number of hydrogen-bond donors (Lipinski definition) is 0. The Balaban J connectivity index is 1.40. The molecule has 3 heterocycles. The van der Waals surface area contributed by atoms with Crippen molar-refractivity contribution in [1.82, 2.24) is 0 Å². The maximum atomic E-state index is 2.69. The molecule has 0 spiro atoms. The molecule has 0 N–H and O–H groups in total. The first-order valence-electron chi connectivity index (χ1n) is 20.9. The van der Waals surface area contributed by atoms with E-state index in [1.54, 1.807) is 0 Å². The molecule has 0 unspecified atom stereocenters. The average molecular weight is 755 g/mol. The molecule has 2 aliphatic heterocycles. The molecule has 5 aromatic carbocycles. The van der Waals surface area contributed by atoms with Gasteiger partial charge in [0.15, 0.2) is 0 Å². The average Bonchev–Trinajstić information content (AvgIpc) is 3.51. The predicted octanol–water partition coefficient (Wildman–Crippen LogP) is 13.2. The molecular formula is C52H59BN2S. The van der Waals surface area contributed by atoms with Crippen molar-refractivity contribution < 1.29 is 0 Å². The summed E-state index contributed by atoms with van der Waals surface area (Å²) in [6.45, 7) is 31.0. The van der Waals surface area contributed by atoms with Crippen LogP contribution in [0, 0.1) is 0 Å². The number of benzene rings is 5. The minimum Gasteiger partial charge on any atom is -0.311 e. The number of thiophene rings is 1. The van der Waals surface area contributed by atoms with Gasteiger partial charge in [-0.2, -0.15) is 0 Å². The Hall–Kier alpha value is -4.28. The lowest BCUT2D eigenvalue weighted by Crippen LogP contribution is -2.60. The van der Waals surface area contributed by atoms with Crippen molar-refractivity contribution in [2.75, 3.05) is 9.80 Å². The van der Waals surface area contributed by atoms with Crippen LogP contribution in [-0.2, 0) is 27.1 Å². The Labute approximate surface area is 341 Å². The Kier molecular flexibility index (Phi) is 8.08. The third kappa shape index (κ3) is 5.71. The Morgan fingerprint density at radius 2 is 1.11 bits per heavy atom. The first kappa shape index (κ1) is 37.3. The normalized spacial score (nSPS) is 17.1. The molecule has 0 atom stereocenters. The summed E-state index contributed by atoms with van der Waals surface area (Å²) in [4.78, 5) is 5.26. The summed E-state index contributed by atoms with van der Waals surface area (Å²) in [5.41, 5.74) is 17.9. The monoisotopic (exact) mass is 754 g/mol. The van der Waals surface area contributed by atoms with Gasteiger partial charge in [-0.15, -0.1) is 11.3 Å². The number of fused-ring (bicyclic) bond motifs is 7. The summed E-state index contributed by atoms with van der Waals surface area (Å²) in [6, 6.07) is 38.4. The van der Waals surface area contributed by atoms with Crippen LogP contribution in [-0.4, -0.2) is 6.71 Å². The highest BCUT2D eigenvalue weighted by atomic mass is 32.1. The molecule has 1 aliphatic carbocycles. The Bertz CT molecular complexity index is 2550. The molecule has 0 saturated carbocycles. The number of hydrogen-bond acceptors (Lipinski definition) is 3. The summed E-state index contributed by atoms with van der Waals surface area (Å²) in [6.07, 6.45) is 2.40. The van der Waals surface area contributed by atoms with E-state index in [0.717, 1.165) is 0 Å². The van der Waals surface area contributed by atoms with Crippen molar-refractivity contribution in [3.05, 3.63) is 125 Å². The smallest absolute Gasteiger partial charge is 0.264 e. The van der Waals surface area contributed by atoms with Crippen LogP contribution < -0.4 is 25.5 Å². The van der Waals surface area contributed by atoms with Gasteiger partial charge < -0.3 is 9.80 Å². The molecule has 4 heteroatoms. The third-order valence-corrected chi connectivity index (χ3v) is 14.6. The topological polar surface area (TPSA) is 6.48 Å². The summed E-state index contributed by atoms with van der Waals surface area (Å²) in [5, 5.41) is 1.36. The van der Waals surface area contributed by atoms with Gasteiger partial charge in [0.05, 0.1) is 5.69 Å². The van der Waals surface area contributed by atoms with E-state index in [9.17, 15) is 0 Å². The molecule has 2 nitrogen and oxygen atoms in total. The Morgan fingerprint density at radius 1 is 0.536 bits per heavy atom. The molecule has 1 aromatic heterocycles. The highest BCUT2D eigenvalue weighted by Crippen LogP contribution is 2.52. The molecule has 9 rings (SSSR count). The summed E-state index contributed by atoms with van der Waals surface area (Å²) in [5.74, 6) is 0. The van der Waals surface area contributed by atoms with E-state index in [0.29, 0.717) is 0 Å². The van der Waals surface area contributed by atoms with Crippen molar-refractivity contribution in [2.24, 2.45) is 0 Å². The zero-order chi connectivity index (χ0) is 39.9. The second-order valence-corrected chi connectivity index (χ2v) is 22.5. The van der Waals surface area contributed by atoms with Crippen molar-refractivity contribution in [3.63, 3.8) is 0 Å². The molecule has 3 aliphatic rings. The quantitative estimate of drug-likeness (QED) is 0.162. The number of anilines is 6. The minimum absolute atomic E-state index is 0.0366. The summed E-state index contributed by atoms with van der Waals surface area (Å²) < 4.78 is 2.80. The molecule has 286 valence electrons. The van der Waals surface area contributed by atoms with Crippen LogP contribution in [0.3, 0.4) is 0 Å². The maximum absolute atomic E-state index is 2.69. The molecule has 0 radical (unpaired) electrons.